The molecule has 0 aromatic rings. The van der Waals surface area contributed by atoms with Crippen LogP contribution in [0.4, 0.5) is 0 Å². The SMILES string of the molecule is CC1C2OCCN(C)C2CN1C(C)(C)CCN1CC[C@]2(C)C1CCN2C(C)(C)C. The first-order valence-electron chi connectivity index (χ1n) is 12.1. The second-order valence-electron chi connectivity index (χ2n) is 12.1. The molecule has 4 fully saturated rings. The first kappa shape index (κ1) is 22.0. The largest absolute Gasteiger partial charge is 0.374 e. The maximum atomic E-state index is 6.20. The lowest BCUT2D eigenvalue weighted by Gasteiger charge is -2.45. The summed E-state index contributed by atoms with van der Waals surface area (Å²) in [5.41, 5.74) is 0.836. The molecule has 0 spiro atoms. The highest BCUT2D eigenvalue weighted by molar-refractivity contribution is 5.12. The van der Waals surface area contributed by atoms with Crippen LogP contribution in [0.25, 0.3) is 0 Å². The van der Waals surface area contributed by atoms with E-state index in [2.05, 4.69) is 75.1 Å². The van der Waals surface area contributed by atoms with Gasteiger partial charge in [-0.15, -0.1) is 0 Å². The molecular weight excluding hydrogens is 360 g/mol. The van der Waals surface area contributed by atoms with Gasteiger partial charge in [0.05, 0.1) is 12.7 Å². The summed E-state index contributed by atoms with van der Waals surface area (Å²) < 4.78 is 6.20. The van der Waals surface area contributed by atoms with Crippen molar-refractivity contribution in [2.24, 2.45) is 0 Å². The van der Waals surface area contributed by atoms with Crippen molar-refractivity contribution in [2.75, 3.05) is 46.4 Å². The van der Waals surface area contributed by atoms with Gasteiger partial charge in [-0.3, -0.25) is 19.6 Å². The molecule has 5 nitrogen and oxygen atoms in total. The molecule has 29 heavy (non-hydrogen) atoms. The fourth-order valence-corrected chi connectivity index (χ4v) is 7.24. The highest BCUT2D eigenvalue weighted by Crippen LogP contribution is 2.45. The summed E-state index contributed by atoms with van der Waals surface area (Å²) in [6, 6.07) is 1.79. The van der Waals surface area contributed by atoms with E-state index in [0.717, 1.165) is 25.7 Å². The highest BCUT2D eigenvalue weighted by atomic mass is 16.5. The minimum Gasteiger partial charge on any atom is -0.374 e. The minimum atomic E-state index is 0.211. The first-order valence-corrected chi connectivity index (χ1v) is 12.1. The van der Waals surface area contributed by atoms with Gasteiger partial charge in [-0.25, -0.2) is 0 Å². The Morgan fingerprint density at radius 3 is 2.45 bits per heavy atom. The van der Waals surface area contributed by atoms with Crippen LogP contribution < -0.4 is 0 Å². The summed E-state index contributed by atoms with van der Waals surface area (Å²) in [4.78, 5) is 10.9. The van der Waals surface area contributed by atoms with Crippen molar-refractivity contribution >= 4 is 0 Å². The Hall–Kier alpha value is -0.200. The molecule has 0 radical (unpaired) electrons. The zero-order valence-electron chi connectivity index (χ0n) is 20.4. The third-order valence-corrected chi connectivity index (χ3v) is 8.96. The Labute approximate surface area is 179 Å². The Morgan fingerprint density at radius 1 is 1.07 bits per heavy atom. The van der Waals surface area contributed by atoms with Crippen molar-refractivity contribution in [3.05, 3.63) is 0 Å². The second-order valence-corrected chi connectivity index (χ2v) is 12.1. The molecule has 5 atom stereocenters. The lowest BCUT2D eigenvalue weighted by Crippen LogP contribution is -2.55. The normalized spacial score (nSPS) is 40.6. The molecule has 0 N–H and O–H groups in total. The lowest BCUT2D eigenvalue weighted by atomic mass is 9.90. The predicted octanol–water partition coefficient (Wildman–Crippen LogP) is 2.90. The molecule has 4 rings (SSSR count). The van der Waals surface area contributed by atoms with E-state index < -0.39 is 0 Å². The Kier molecular flexibility index (Phi) is 5.65. The number of ether oxygens (including phenoxy) is 1. The van der Waals surface area contributed by atoms with Gasteiger partial charge >= 0.3 is 0 Å². The molecule has 4 aliphatic rings. The van der Waals surface area contributed by atoms with Gasteiger partial charge in [-0.2, -0.15) is 0 Å². The van der Waals surface area contributed by atoms with E-state index in [4.69, 9.17) is 4.74 Å². The van der Waals surface area contributed by atoms with E-state index in [0.29, 0.717) is 23.7 Å². The van der Waals surface area contributed by atoms with Gasteiger partial charge in [0.2, 0.25) is 0 Å². The molecule has 168 valence electrons. The Morgan fingerprint density at radius 2 is 1.79 bits per heavy atom. The molecule has 4 saturated heterocycles. The Bertz CT molecular complexity index is 602. The van der Waals surface area contributed by atoms with Gasteiger partial charge in [-0.05, 0) is 74.8 Å². The van der Waals surface area contributed by atoms with Crippen molar-refractivity contribution in [3.63, 3.8) is 0 Å². The van der Waals surface area contributed by atoms with Crippen LogP contribution in [0, 0.1) is 0 Å². The smallest absolute Gasteiger partial charge is 0.0895 e. The zero-order valence-corrected chi connectivity index (χ0v) is 20.4. The third kappa shape index (κ3) is 3.69. The first-order chi connectivity index (χ1) is 13.4. The van der Waals surface area contributed by atoms with Crippen molar-refractivity contribution in [1.82, 2.24) is 19.6 Å². The maximum Gasteiger partial charge on any atom is 0.0895 e. The van der Waals surface area contributed by atoms with Crippen LogP contribution in [0.3, 0.4) is 0 Å². The molecule has 0 aromatic heterocycles. The van der Waals surface area contributed by atoms with E-state index in [1.807, 2.05) is 0 Å². The van der Waals surface area contributed by atoms with Gasteiger partial charge < -0.3 is 4.74 Å². The van der Waals surface area contributed by atoms with Crippen molar-refractivity contribution in [3.8, 4) is 0 Å². The lowest BCUT2D eigenvalue weighted by molar-refractivity contribution is -0.0543. The van der Waals surface area contributed by atoms with E-state index in [1.54, 1.807) is 0 Å². The standard InChI is InChI=1S/C24H46N4O/c1-18-21-19(25(8)15-16-29-21)17-27(18)23(5,6)10-13-26-14-11-24(7)20(26)9-12-28(24)22(2,3)4/h18-21H,9-17H2,1-8H3/t18?,19?,20?,21?,24-/m1/s1. The molecular formula is C24H46N4O. The fourth-order valence-electron chi connectivity index (χ4n) is 7.24. The van der Waals surface area contributed by atoms with Gasteiger partial charge in [0, 0.05) is 67.5 Å². The fraction of sp³-hybridized carbons (Fsp3) is 1.00. The number of hydrogen-bond donors (Lipinski definition) is 0. The average Bonchev–Trinajstić information content (AvgIpc) is 3.24. The van der Waals surface area contributed by atoms with E-state index in [-0.39, 0.29) is 11.1 Å². The molecule has 0 amide bonds. The monoisotopic (exact) mass is 406 g/mol. The van der Waals surface area contributed by atoms with Gasteiger partial charge in [0.25, 0.3) is 0 Å². The number of rotatable bonds is 4. The number of morpholine rings is 1. The molecule has 0 saturated carbocycles. The molecule has 5 heteroatoms. The molecule has 0 aliphatic carbocycles. The minimum absolute atomic E-state index is 0.211. The van der Waals surface area contributed by atoms with E-state index in [9.17, 15) is 0 Å². The summed E-state index contributed by atoms with van der Waals surface area (Å²) in [5, 5.41) is 0. The van der Waals surface area contributed by atoms with Gasteiger partial charge in [0.1, 0.15) is 0 Å². The summed E-state index contributed by atoms with van der Waals surface area (Å²) in [6.07, 6.45) is 4.26. The van der Waals surface area contributed by atoms with Crippen molar-refractivity contribution in [1.29, 1.82) is 0 Å². The van der Waals surface area contributed by atoms with Crippen LogP contribution >= 0.6 is 0 Å². The number of likely N-dealkylation sites (tertiary alicyclic amines) is 3. The number of nitrogens with zero attached hydrogens (tertiary/aromatic N) is 4. The zero-order chi connectivity index (χ0) is 21.2. The van der Waals surface area contributed by atoms with Crippen LogP contribution in [-0.4, -0.2) is 107 Å². The van der Waals surface area contributed by atoms with Crippen molar-refractivity contribution in [2.45, 2.75) is 109 Å². The number of likely N-dealkylation sites (N-methyl/N-ethyl adjacent to an activating group) is 1. The summed E-state index contributed by atoms with van der Waals surface area (Å²) in [7, 11) is 2.27. The molecule has 4 unspecified atom stereocenters. The Balaban J connectivity index is 1.39. The quantitative estimate of drug-likeness (QED) is 0.714. The second kappa shape index (κ2) is 7.44. The van der Waals surface area contributed by atoms with Crippen LogP contribution in [0.5, 0.6) is 0 Å². The average molecular weight is 407 g/mol. The van der Waals surface area contributed by atoms with Crippen LogP contribution in [0.2, 0.25) is 0 Å². The van der Waals surface area contributed by atoms with E-state index >= 15 is 0 Å². The summed E-state index contributed by atoms with van der Waals surface area (Å²) in [5.74, 6) is 0. The number of hydrogen-bond acceptors (Lipinski definition) is 5. The molecule has 4 heterocycles. The molecule has 0 aromatic carbocycles. The summed E-state index contributed by atoms with van der Waals surface area (Å²) >= 11 is 0. The highest BCUT2D eigenvalue weighted by Gasteiger charge is 2.55. The topological polar surface area (TPSA) is 22.2 Å². The third-order valence-electron chi connectivity index (χ3n) is 8.96. The van der Waals surface area contributed by atoms with Crippen molar-refractivity contribution < 1.29 is 4.74 Å². The maximum absolute atomic E-state index is 6.20. The van der Waals surface area contributed by atoms with Gasteiger partial charge in [0.15, 0.2) is 0 Å². The predicted molar refractivity (Wildman–Crippen MR) is 120 cm³/mol. The van der Waals surface area contributed by atoms with E-state index in [1.165, 1.54) is 38.9 Å². The molecule has 4 aliphatic heterocycles. The van der Waals surface area contributed by atoms with Crippen LogP contribution in [0.1, 0.15) is 67.7 Å². The van der Waals surface area contributed by atoms with Crippen LogP contribution in [0.15, 0.2) is 0 Å². The molecule has 0 bridgehead atoms. The summed E-state index contributed by atoms with van der Waals surface area (Å²) in [6.45, 7) is 23.8. The van der Waals surface area contributed by atoms with Crippen LogP contribution in [-0.2, 0) is 4.74 Å². The number of fused-ring (bicyclic) bond motifs is 2. The van der Waals surface area contributed by atoms with Gasteiger partial charge in [-0.1, -0.05) is 0 Å².